The van der Waals surface area contributed by atoms with Crippen LogP contribution in [0.15, 0.2) is 24.4 Å². The summed E-state index contributed by atoms with van der Waals surface area (Å²) in [4.78, 5) is 27.4. The number of anilines is 1. The number of nitrogens with zero attached hydrogens (tertiary/aromatic N) is 3. The fourth-order valence-electron chi connectivity index (χ4n) is 4.62. The third-order valence-electron chi connectivity index (χ3n) is 6.55. The van der Waals surface area contributed by atoms with Crippen molar-refractivity contribution in [3.05, 3.63) is 47.2 Å². The Kier molecular flexibility index (Phi) is 6.07. The Morgan fingerprint density at radius 2 is 1.97 bits per heavy atom. The van der Waals surface area contributed by atoms with Gasteiger partial charge in [-0.25, -0.2) is 13.5 Å². The summed E-state index contributed by atoms with van der Waals surface area (Å²) >= 11 is 0. The number of aryl methyl sites for hydroxylation is 1. The van der Waals surface area contributed by atoms with Gasteiger partial charge in [0.25, 0.3) is 0 Å². The van der Waals surface area contributed by atoms with Gasteiger partial charge in [0, 0.05) is 30.1 Å². The van der Waals surface area contributed by atoms with Crippen molar-refractivity contribution in [2.75, 3.05) is 11.9 Å². The molecule has 0 radical (unpaired) electrons. The van der Waals surface area contributed by atoms with Gasteiger partial charge in [-0.05, 0) is 56.7 Å². The van der Waals surface area contributed by atoms with Gasteiger partial charge in [-0.2, -0.15) is 5.10 Å². The molecule has 2 heterocycles. The summed E-state index contributed by atoms with van der Waals surface area (Å²) in [5.41, 5.74) is 0.861. The van der Waals surface area contributed by atoms with Crippen LogP contribution in [0.5, 0.6) is 0 Å². The molecular weight excluding hydrogens is 402 g/mol. The second-order valence-corrected chi connectivity index (χ2v) is 8.92. The first-order valence-corrected chi connectivity index (χ1v) is 10.9. The van der Waals surface area contributed by atoms with E-state index >= 15 is 0 Å². The van der Waals surface area contributed by atoms with Gasteiger partial charge < -0.3 is 10.2 Å². The van der Waals surface area contributed by atoms with E-state index in [4.69, 9.17) is 0 Å². The Morgan fingerprint density at radius 1 is 1.23 bits per heavy atom. The second kappa shape index (κ2) is 8.77. The highest BCUT2D eigenvalue weighted by atomic mass is 19.1. The van der Waals surface area contributed by atoms with Crippen molar-refractivity contribution in [3.63, 3.8) is 0 Å². The van der Waals surface area contributed by atoms with E-state index in [1.54, 1.807) is 13.1 Å². The number of carbonyl (C=O) groups excluding carboxylic acids is 2. The molecule has 0 spiro atoms. The van der Waals surface area contributed by atoms with Crippen LogP contribution in [-0.4, -0.2) is 39.1 Å². The highest BCUT2D eigenvalue weighted by Crippen LogP contribution is 2.31. The average Bonchev–Trinajstić information content (AvgIpc) is 3.29. The molecule has 8 heteroatoms. The quantitative estimate of drug-likeness (QED) is 0.783. The van der Waals surface area contributed by atoms with Gasteiger partial charge in [-0.15, -0.1) is 0 Å². The summed E-state index contributed by atoms with van der Waals surface area (Å²) in [5.74, 6) is -0.583. The van der Waals surface area contributed by atoms with E-state index in [9.17, 15) is 18.4 Å². The van der Waals surface area contributed by atoms with Crippen molar-refractivity contribution in [2.45, 2.75) is 58.5 Å². The number of hydrogen-bond donors (Lipinski definition) is 1. The molecule has 0 bridgehead atoms. The first kappa shape index (κ1) is 21.5. The van der Waals surface area contributed by atoms with E-state index in [0.717, 1.165) is 43.9 Å². The summed E-state index contributed by atoms with van der Waals surface area (Å²) in [7, 11) is 0. The Morgan fingerprint density at radius 3 is 2.71 bits per heavy atom. The third-order valence-corrected chi connectivity index (χ3v) is 6.55. The van der Waals surface area contributed by atoms with Gasteiger partial charge in [0.05, 0.1) is 18.7 Å². The normalized spacial score (nSPS) is 23.9. The van der Waals surface area contributed by atoms with Crippen molar-refractivity contribution in [1.29, 1.82) is 0 Å². The van der Waals surface area contributed by atoms with Gasteiger partial charge in [0.2, 0.25) is 11.8 Å². The number of carbonyl (C=O) groups is 2. The number of halogens is 2. The maximum absolute atomic E-state index is 14.1. The first-order valence-electron chi connectivity index (χ1n) is 10.9. The van der Waals surface area contributed by atoms with Crippen LogP contribution in [0.1, 0.15) is 50.2 Å². The predicted molar refractivity (Wildman–Crippen MR) is 112 cm³/mol. The molecule has 1 aromatic heterocycles. The lowest BCUT2D eigenvalue weighted by Crippen LogP contribution is -2.39. The minimum absolute atomic E-state index is 0.0109. The molecule has 2 amide bonds. The van der Waals surface area contributed by atoms with Gasteiger partial charge in [0.1, 0.15) is 17.5 Å². The number of aromatic nitrogens is 2. The topological polar surface area (TPSA) is 67.2 Å². The summed E-state index contributed by atoms with van der Waals surface area (Å²) in [6.45, 7) is 4.44. The van der Waals surface area contributed by atoms with Crippen molar-refractivity contribution in [3.8, 4) is 0 Å². The van der Waals surface area contributed by atoms with Crippen LogP contribution in [-0.2, 0) is 16.1 Å². The van der Waals surface area contributed by atoms with Crippen molar-refractivity contribution < 1.29 is 18.4 Å². The highest BCUT2D eigenvalue weighted by molar-refractivity contribution is 5.97. The molecule has 1 atom stereocenters. The van der Waals surface area contributed by atoms with Crippen molar-refractivity contribution in [1.82, 2.24) is 14.7 Å². The Hall–Kier alpha value is -2.77. The Labute approximate surface area is 180 Å². The molecular formula is C23H28F2N4O2. The van der Waals surface area contributed by atoms with Crippen LogP contribution in [0, 0.1) is 30.4 Å². The lowest BCUT2D eigenvalue weighted by atomic mass is 9.87. The molecule has 2 fully saturated rings. The summed E-state index contributed by atoms with van der Waals surface area (Å²) < 4.78 is 29.0. The van der Waals surface area contributed by atoms with Crippen LogP contribution in [0.2, 0.25) is 0 Å². The van der Waals surface area contributed by atoms with E-state index < -0.39 is 17.6 Å². The monoisotopic (exact) mass is 430 g/mol. The zero-order valence-electron chi connectivity index (χ0n) is 17.9. The minimum Gasteiger partial charge on any atom is -0.339 e. The lowest BCUT2D eigenvalue weighted by molar-refractivity contribution is -0.130. The molecule has 1 aliphatic heterocycles. The summed E-state index contributed by atoms with van der Waals surface area (Å²) in [6, 6.07) is 3.48. The van der Waals surface area contributed by atoms with E-state index in [1.807, 2.05) is 4.90 Å². The third kappa shape index (κ3) is 4.62. The van der Waals surface area contributed by atoms with E-state index in [2.05, 4.69) is 17.3 Å². The van der Waals surface area contributed by atoms with E-state index in [0.29, 0.717) is 23.8 Å². The molecule has 1 unspecified atom stereocenters. The standard InChI is InChI=1S/C23H28F2N4O2/c1-14-3-6-19(7-4-14)28-12-17(10-21(28)30)23(31)27-22-15(2)11-26-29(22)13-16-9-18(24)5-8-20(16)25/h5,8-9,11,14,17,19H,3-4,6-7,10,12-13H2,1-2H3,(H,27,31). The molecule has 2 aliphatic rings. The van der Waals surface area contributed by atoms with E-state index in [1.165, 1.54) is 4.68 Å². The van der Waals surface area contributed by atoms with Gasteiger partial charge in [-0.3, -0.25) is 9.59 Å². The molecule has 1 saturated carbocycles. The predicted octanol–water partition coefficient (Wildman–Crippen LogP) is 3.88. The Balaban J connectivity index is 1.44. The van der Waals surface area contributed by atoms with Gasteiger partial charge in [0.15, 0.2) is 0 Å². The van der Waals surface area contributed by atoms with Gasteiger partial charge in [-0.1, -0.05) is 6.92 Å². The Bertz CT molecular complexity index is 982. The fraction of sp³-hybridized carbons (Fsp3) is 0.522. The molecule has 1 saturated heterocycles. The maximum Gasteiger partial charge on any atom is 0.230 e. The summed E-state index contributed by atoms with van der Waals surface area (Å²) in [5, 5.41) is 7.08. The smallest absolute Gasteiger partial charge is 0.230 e. The molecule has 1 N–H and O–H groups in total. The molecule has 166 valence electrons. The number of rotatable bonds is 5. The molecule has 2 aromatic rings. The van der Waals surface area contributed by atoms with Crippen LogP contribution >= 0.6 is 0 Å². The minimum atomic E-state index is -0.536. The lowest BCUT2D eigenvalue weighted by Gasteiger charge is -2.33. The van der Waals surface area contributed by atoms with Crippen LogP contribution < -0.4 is 5.32 Å². The van der Waals surface area contributed by atoms with Crippen LogP contribution in [0.3, 0.4) is 0 Å². The van der Waals surface area contributed by atoms with Gasteiger partial charge >= 0.3 is 0 Å². The number of benzene rings is 1. The SMILES string of the molecule is Cc1cnn(Cc2cc(F)ccc2F)c1NC(=O)C1CC(=O)N(C2CCC(C)CC2)C1. The van der Waals surface area contributed by atoms with Crippen molar-refractivity contribution >= 4 is 17.6 Å². The second-order valence-electron chi connectivity index (χ2n) is 8.92. The molecule has 1 aliphatic carbocycles. The zero-order valence-corrected chi connectivity index (χ0v) is 17.9. The van der Waals surface area contributed by atoms with E-state index in [-0.39, 0.29) is 36.4 Å². The first-order chi connectivity index (χ1) is 14.8. The largest absolute Gasteiger partial charge is 0.339 e. The molecule has 6 nitrogen and oxygen atoms in total. The molecule has 1 aromatic carbocycles. The zero-order chi connectivity index (χ0) is 22.1. The van der Waals surface area contributed by atoms with Crippen molar-refractivity contribution in [2.24, 2.45) is 11.8 Å². The number of likely N-dealkylation sites (tertiary alicyclic amines) is 1. The maximum atomic E-state index is 14.1. The molecule has 4 rings (SSSR count). The number of hydrogen-bond acceptors (Lipinski definition) is 3. The fourth-order valence-corrected chi connectivity index (χ4v) is 4.62. The molecule has 31 heavy (non-hydrogen) atoms. The summed E-state index contributed by atoms with van der Waals surface area (Å²) in [6.07, 6.45) is 5.98. The number of amides is 2. The average molecular weight is 430 g/mol. The van der Waals surface area contributed by atoms with Crippen LogP contribution in [0.4, 0.5) is 14.6 Å². The highest BCUT2D eigenvalue weighted by Gasteiger charge is 2.39. The van der Waals surface area contributed by atoms with Crippen LogP contribution in [0.25, 0.3) is 0 Å². The number of nitrogens with one attached hydrogen (secondary N) is 1.